The average molecular weight is 385 g/mol. The molecule has 2 atom stereocenters. The summed E-state index contributed by atoms with van der Waals surface area (Å²) in [7, 11) is 0. The van der Waals surface area contributed by atoms with E-state index in [2.05, 4.69) is 57.3 Å². The fourth-order valence-electron chi connectivity index (χ4n) is 5.09. The van der Waals surface area contributed by atoms with Gasteiger partial charge in [-0.05, 0) is 57.7 Å². The summed E-state index contributed by atoms with van der Waals surface area (Å²) in [5.74, 6) is 0.226. The van der Waals surface area contributed by atoms with E-state index >= 15 is 0 Å². The van der Waals surface area contributed by atoms with Crippen LogP contribution in [0.2, 0.25) is 0 Å². The molecule has 5 heteroatoms. The Balaban J connectivity index is 1.19. The molecule has 0 aliphatic carbocycles. The van der Waals surface area contributed by atoms with Crippen LogP contribution in [0.15, 0.2) is 30.3 Å². The lowest BCUT2D eigenvalue weighted by atomic mass is 10.0. The SMILES string of the molecule is CC(C(=O)NC1CCN(Cc2ccccc2)CC1)N1CCC(N2CCCC2)C1. The van der Waals surface area contributed by atoms with E-state index in [0.717, 1.165) is 45.6 Å². The molecule has 0 spiro atoms. The van der Waals surface area contributed by atoms with Gasteiger partial charge in [-0.1, -0.05) is 30.3 Å². The maximum absolute atomic E-state index is 12.8. The van der Waals surface area contributed by atoms with Gasteiger partial charge in [0.15, 0.2) is 0 Å². The lowest BCUT2D eigenvalue weighted by Crippen LogP contribution is -2.51. The fourth-order valence-corrected chi connectivity index (χ4v) is 5.09. The van der Waals surface area contributed by atoms with E-state index in [-0.39, 0.29) is 11.9 Å². The van der Waals surface area contributed by atoms with Gasteiger partial charge in [0, 0.05) is 44.8 Å². The minimum Gasteiger partial charge on any atom is -0.352 e. The molecule has 3 saturated heterocycles. The van der Waals surface area contributed by atoms with Gasteiger partial charge in [-0.3, -0.25) is 19.5 Å². The summed E-state index contributed by atoms with van der Waals surface area (Å²) < 4.78 is 0. The van der Waals surface area contributed by atoms with Crippen LogP contribution in [0.25, 0.3) is 0 Å². The van der Waals surface area contributed by atoms with Crippen molar-refractivity contribution in [2.24, 2.45) is 0 Å². The summed E-state index contributed by atoms with van der Waals surface area (Å²) in [5, 5.41) is 3.34. The summed E-state index contributed by atoms with van der Waals surface area (Å²) in [6.07, 6.45) is 6.02. The number of hydrogen-bond acceptors (Lipinski definition) is 4. The van der Waals surface area contributed by atoms with Crippen molar-refractivity contribution in [3.8, 4) is 0 Å². The number of piperidine rings is 1. The molecule has 0 saturated carbocycles. The third-order valence-electron chi connectivity index (χ3n) is 6.96. The first kappa shape index (κ1) is 19.9. The third-order valence-corrected chi connectivity index (χ3v) is 6.96. The molecule has 3 aliphatic rings. The first-order valence-electron chi connectivity index (χ1n) is 11.2. The van der Waals surface area contributed by atoms with E-state index < -0.39 is 0 Å². The van der Waals surface area contributed by atoms with Crippen LogP contribution >= 0.6 is 0 Å². The van der Waals surface area contributed by atoms with Crippen LogP contribution in [0.3, 0.4) is 0 Å². The zero-order valence-electron chi connectivity index (χ0n) is 17.4. The Kier molecular flexibility index (Phi) is 6.65. The van der Waals surface area contributed by atoms with E-state index in [1.807, 2.05) is 0 Å². The number of rotatable bonds is 6. The zero-order chi connectivity index (χ0) is 19.3. The van der Waals surface area contributed by atoms with Crippen LogP contribution < -0.4 is 5.32 Å². The molecule has 0 aromatic heterocycles. The molecule has 1 aromatic rings. The van der Waals surface area contributed by atoms with Crippen molar-refractivity contribution in [2.45, 2.75) is 63.7 Å². The molecule has 2 unspecified atom stereocenters. The van der Waals surface area contributed by atoms with Gasteiger partial charge in [0.1, 0.15) is 0 Å². The molecule has 5 nitrogen and oxygen atoms in total. The molecule has 3 heterocycles. The smallest absolute Gasteiger partial charge is 0.237 e. The van der Waals surface area contributed by atoms with Gasteiger partial charge in [-0.25, -0.2) is 0 Å². The van der Waals surface area contributed by atoms with Crippen molar-refractivity contribution < 1.29 is 4.79 Å². The molecule has 3 fully saturated rings. The largest absolute Gasteiger partial charge is 0.352 e. The highest BCUT2D eigenvalue weighted by Crippen LogP contribution is 2.22. The van der Waals surface area contributed by atoms with Crippen molar-refractivity contribution in [1.82, 2.24) is 20.0 Å². The molecule has 1 aromatic carbocycles. The van der Waals surface area contributed by atoms with E-state index in [1.54, 1.807) is 0 Å². The second kappa shape index (κ2) is 9.38. The summed E-state index contributed by atoms with van der Waals surface area (Å²) in [5.41, 5.74) is 1.38. The van der Waals surface area contributed by atoms with Crippen LogP contribution in [0.4, 0.5) is 0 Å². The Morgan fingerprint density at radius 1 is 1.04 bits per heavy atom. The molecule has 3 aliphatic heterocycles. The maximum Gasteiger partial charge on any atom is 0.237 e. The molecule has 154 valence electrons. The normalized spacial score (nSPS) is 26.5. The lowest BCUT2D eigenvalue weighted by molar-refractivity contribution is -0.126. The van der Waals surface area contributed by atoms with Crippen LogP contribution in [0.5, 0.6) is 0 Å². The highest BCUT2D eigenvalue weighted by atomic mass is 16.2. The van der Waals surface area contributed by atoms with Crippen molar-refractivity contribution >= 4 is 5.91 Å². The second-order valence-corrected chi connectivity index (χ2v) is 8.90. The predicted octanol–water partition coefficient (Wildman–Crippen LogP) is 2.33. The van der Waals surface area contributed by atoms with Gasteiger partial charge in [0.25, 0.3) is 0 Å². The third kappa shape index (κ3) is 4.94. The van der Waals surface area contributed by atoms with Crippen molar-refractivity contribution in [3.63, 3.8) is 0 Å². The van der Waals surface area contributed by atoms with E-state index in [4.69, 9.17) is 0 Å². The van der Waals surface area contributed by atoms with E-state index in [0.29, 0.717) is 12.1 Å². The Morgan fingerprint density at radius 3 is 2.46 bits per heavy atom. The summed E-state index contributed by atoms with van der Waals surface area (Å²) in [4.78, 5) is 20.3. The molecule has 0 radical (unpaired) electrons. The molecule has 28 heavy (non-hydrogen) atoms. The Morgan fingerprint density at radius 2 is 1.75 bits per heavy atom. The Bertz CT molecular complexity index is 623. The van der Waals surface area contributed by atoms with Gasteiger partial charge in [-0.15, -0.1) is 0 Å². The number of amides is 1. The number of nitrogens with one attached hydrogen (secondary N) is 1. The number of carbonyl (C=O) groups excluding carboxylic acids is 1. The lowest BCUT2D eigenvalue weighted by Gasteiger charge is -2.34. The number of likely N-dealkylation sites (tertiary alicyclic amines) is 3. The highest BCUT2D eigenvalue weighted by molar-refractivity contribution is 5.81. The maximum atomic E-state index is 12.8. The molecular formula is C23H36N4O. The minimum absolute atomic E-state index is 0.00467. The fraction of sp³-hybridized carbons (Fsp3) is 0.696. The van der Waals surface area contributed by atoms with Crippen LogP contribution in [0, 0.1) is 0 Å². The Labute approximate surface area is 170 Å². The summed E-state index contributed by atoms with van der Waals surface area (Å²) >= 11 is 0. The quantitative estimate of drug-likeness (QED) is 0.817. The number of nitrogens with zero attached hydrogens (tertiary/aromatic N) is 3. The number of hydrogen-bond donors (Lipinski definition) is 1. The van der Waals surface area contributed by atoms with Crippen LogP contribution in [-0.2, 0) is 11.3 Å². The zero-order valence-corrected chi connectivity index (χ0v) is 17.4. The molecule has 1 amide bonds. The second-order valence-electron chi connectivity index (χ2n) is 8.90. The van der Waals surface area contributed by atoms with Gasteiger partial charge < -0.3 is 5.32 Å². The van der Waals surface area contributed by atoms with E-state index in [1.165, 1.54) is 37.9 Å². The van der Waals surface area contributed by atoms with Crippen molar-refractivity contribution in [2.75, 3.05) is 39.3 Å². The summed E-state index contributed by atoms with van der Waals surface area (Å²) in [6.45, 7) is 9.86. The standard InChI is InChI=1S/C23H36N4O/c1-19(27-16-11-22(18-27)26-12-5-6-13-26)23(28)24-21-9-14-25(15-10-21)17-20-7-3-2-4-8-20/h2-4,7-8,19,21-22H,5-6,9-18H2,1H3,(H,24,28). The first-order chi connectivity index (χ1) is 13.7. The van der Waals surface area contributed by atoms with Crippen LogP contribution in [-0.4, -0.2) is 78.0 Å². The van der Waals surface area contributed by atoms with Gasteiger partial charge in [-0.2, -0.15) is 0 Å². The molecule has 1 N–H and O–H groups in total. The van der Waals surface area contributed by atoms with Gasteiger partial charge in [0.05, 0.1) is 6.04 Å². The van der Waals surface area contributed by atoms with Crippen molar-refractivity contribution in [3.05, 3.63) is 35.9 Å². The van der Waals surface area contributed by atoms with Gasteiger partial charge >= 0.3 is 0 Å². The monoisotopic (exact) mass is 384 g/mol. The Hall–Kier alpha value is -1.43. The molecule has 4 rings (SSSR count). The average Bonchev–Trinajstić information content (AvgIpc) is 3.41. The topological polar surface area (TPSA) is 38.8 Å². The summed E-state index contributed by atoms with van der Waals surface area (Å²) in [6, 6.07) is 11.7. The minimum atomic E-state index is -0.00467. The number of carbonyl (C=O) groups is 1. The van der Waals surface area contributed by atoms with E-state index in [9.17, 15) is 4.79 Å². The molecule has 0 bridgehead atoms. The molecular weight excluding hydrogens is 348 g/mol. The number of benzene rings is 1. The predicted molar refractivity (Wildman–Crippen MR) is 113 cm³/mol. The highest BCUT2D eigenvalue weighted by Gasteiger charge is 2.34. The van der Waals surface area contributed by atoms with Crippen LogP contribution in [0.1, 0.15) is 44.6 Å². The van der Waals surface area contributed by atoms with Crippen molar-refractivity contribution in [1.29, 1.82) is 0 Å². The first-order valence-corrected chi connectivity index (χ1v) is 11.2. The van der Waals surface area contributed by atoms with Gasteiger partial charge in [0.2, 0.25) is 5.91 Å².